The van der Waals surface area contributed by atoms with Gasteiger partial charge >= 0.3 is 6.18 Å². The second-order valence-electron chi connectivity index (χ2n) is 6.22. The number of hydrogen-bond donors (Lipinski definition) is 2. The van der Waals surface area contributed by atoms with Gasteiger partial charge in [-0.3, -0.25) is 9.69 Å². The summed E-state index contributed by atoms with van der Waals surface area (Å²) >= 11 is 2.87. The van der Waals surface area contributed by atoms with Gasteiger partial charge in [0.25, 0.3) is 0 Å². The van der Waals surface area contributed by atoms with E-state index in [0.29, 0.717) is 13.1 Å². The lowest BCUT2D eigenvalue weighted by atomic mass is 9.90. The summed E-state index contributed by atoms with van der Waals surface area (Å²) in [4.78, 5) is 14.0. The maximum absolute atomic E-state index is 12.9. The van der Waals surface area contributed by atoms with Gasteiger partial charge in [0.2, 0.25) is 5.91 Å². The molecule has 1 unspecified atom stereocenters. The van der Waals surface area contributed by atoms with Crippen molar-refractivity contribution in [2.24, 2.45) is 11.1 Å². The van der Waals surface area contributed by atoms with Crippen molar-refractivity contribution in [3.05, 3.63) is 28.2 Å². The number of amides is 1. The van der Waals surface area contributed by atoms with E-state index in [2.05, 4.69) is 28.2 Å². The zero-order valence-electron chi connectivity index (χ0n) is 13.1. The molecule has 0 bridgehead atoms. The van der Waals surface area contributed by atoms with Crippen molar-refractivity contribution in [2.45, 2.75) is 19.5 Å². The third kappa shape index (κ3) is 5.34. The fourth-order valence-electron chi connectivity index (χ4n) is 2.65. The van der Waals surface area contributed by atoms with Crippen LogP contribution in [0, 0.1) is 5.41 Å². The zero-order chi connectivity index (χ0) is 17.3. The normalized spacial score (nSPS) is 21.4. The number of likely N-dealkylation sites (tertiary alicyclic amines) is 1. The fourth-order valence-corrected chi connectivity index (χ4v) is 3.12. The Bertz CT molecular complexity index is 600. The van der Waals surface area contributed by atoms with Crippen molar-refractivity contribution >= 4 is 39.9 Å². The molecular weight excluding hydrogens is 411 g/mol. The first-order valence-electron chi connectivity index (χ1n) is 7.22. The molecule has 2 rings (SSSR count). The predicted molar refractivity (Wildman–Crippen MR) is 93.2 cm³/mol. The topological polar surface area (TPSA) is 58.4 Å². The van der Waals surface area contributed by atoms with Crippen molar-refractivity contribution in [3.63, 3.8) is 0 Å². The molecule has 1 atom stereocenters. The lowest BCUT2D eigenvalue weighted by Crippen LogP contribution is -2.35. The number of benzene rings is 1. The Morgan fingerprint density at radius 2 is 2.12 bits per heavy atom. The number of anilines is 1. The van der Waals surface area contributed by atoms with Gasteiger partial charge in [0.1, 0.15) is 0 Å². The van der Waals surface area contributed by atoms with Gasteiger partial charge in [0.15, 0.2) is 0 Å². The first kappa shape index (κ1) is 21.2. The number of hydrogen-bond acceptors (Lipinski definition) is 3. The molecule has 0 aliphatic carbocycles. The molecule has 1 heterocycles. The monoisotopic (exact) mass is 429 g/mol. The Morgan fingerprint density at radius 3 is 2.67 bits per heavy atom. The van der Waals surface area contributed by atoms with E-state index in [9.17, 15) is 18.0 Å². The number of carbonyl (C=O) groups is 1. The number of alkyl halides is 3. The quantitative estimate of drug-likeness (QED) is 0.769. The Labute approximate surface area is 153 Å². The average molecular weight is 431 g/mol. The molecule has 24 heavy (non-hydrogen) atoms. The molecule has 136 valence electrons. The van der Waals surface area contributed by atoms with Gasteiger partial charge in [0, 0.05) is 16.7 Å². The fraction of sp³-hybridized carbons (Fsp3) is 0.533. The van der Waals surface area contributed by atoms with Crippen molar-refractivity contribution in [1.82, 2.24) is 4.90 Å². The molecule has 1 aliphatic heterocycles. The number of rotatable bonds is 4. The van der Waals surface area contributed by atoms with Crippen LogP contribution in [0.25, 0.3) is 0 Å². The number of nitrogens with two attached hydrogens (primary N) is 1. The van der Waals surface area contributed by atoms with E-state index in [0.717, 1.165) is 19.0 Å². The maximum Gasteiger partial charge on any atom is 0.417 e. The second kappa shape index (κ2) is 8.03. The van der Waals surface area contributed by atoms with E-state index in [1.807, 2.05) is 4.90 Å². The summed E-state index contributed by atoms with van der Waals surface area (Å²) in [6, 6.07) is 3.64. The Balaban J connectivity index is 0.00000288. The van der Waals surface area contributed by atoms with Crippen LogP contribution in [-0.2, 0) is 11.0 Å². The van der Waals surface area contributed by atoms with Crippen LogP contribution in [0.5, 0.6) is 0 Å². The smallest absolute Gasteiger partial charge is 0.330 e. The third-order valence-electron chi connectivity index (χ3n) is 4.05. The van der Waals surface area contributed by atoms with Crippen LogP contribution in [-0.4, -0.2) is 37.0 Å². The number of halogens is 5. The van der Waals surface area contributed by atoms with E-state index in [1.165, 1.54) is 12.1 Å². The second-order valence-corrected chi connectivity index (χ2v) is 7.07. The highest BCUT2D eigenvalue weighted by Crippen LogP contribution is 2.36. The molecule has 3 N–H and O–H groups in total. The highest BCUT2D eigenvalue weighted by Gasteiger charge is 2.34. The predicted octanol–water partition coefficient (Wildman–Crippen LogP) is 3.50. The maximum atomic E-state index is 12.9. The Hall–Kier alpha value is -0.830. The molecule has 0 saturated carbocycles. The van der Waals surface area contributed by atoms with E-state index in [-0.39, 0.29) is 40.4 Å². The summed E-state index contributed by atoms with van der Waals surface area (Å²) in [5.41, 5.74) is 5.04. The summed E-state index contributed by atoms with van der Waals surface area (Å²) in [5, 5.41) is 2.52. The summed E-state index contributed by atoms with van der Waals surface area (Å²) in [5.74, 6) is -0.332. The van der Waals surface area contributed by atoms with Gasteiger partial charge in [-0.1, -0.05) is 22.9 Å². The van der Waals surface area contributed by atoms with Gasteiger partial charge in [-0.2, -0.15) is 13.2 Å². The molecule has 9 heteroatoms. The molecule has 0 radical (unpaired) electrons. The third-order valence-corrected chi connectivity index (χ3v) is 4.74. The molecule has 1 fully saturated rings. The number of carbonyl (C=O) groups excluding carboxylic acids is 1. The van der Waals surface area contributed by atoms with Crippen LogP contribution >= 0.6 is 28.3 Å². The van der Waals surface area contributed by atoms with Gasteiger partial charge < -0.3 is 11.1 Å². The first-order chi connectivity index (χ1) is 10.6. The SMILES string of the molecule is CC1(CN)CCN(CC(=O)Nc2ccc(Br)c(C(F)(F)F)c2)C1.Cl. The Morgan fingerprint density at radius 1 is 1.46 bits per heavy atom. The molecular formula is C15H20BrClF3N3O. The average Bonchev–Trinajstić information content (AvgIpc) is 2.82. The summed E-state index contributed by atoms with van der Waals surface area (Å²) in [6.45, 7) is 4.23. The van der Waals surface area contributed by atoms with Gasteiger partial charge in [0.05, 0.1) is 12.1 Å². The van der Waals surface area contributed by atoms with E-state index in [1.54, 1.807) is 0 Å². The molecule has 0 aromatic heterocycles. The molecule has 1 saturated heterocycles. The van der Waals surface area contributed by atoms with Gasteiger partial charge in [-0.25, -0.2) is 0 Å². The standard InChI is InChI=1S/C15H19BrF3N3O.ClH/c1-14(8-20)4-5-22(9-14)7-13(23)21-10-2-3-12(16)11(6-10)15(17,18)19;/h2-3,6H,4-5,7-9,20H2,1H3,(H,21,23);1H. The van der Waals surface area contributed by atoms with Crippen LogP contribution < -0.4 is 11.1 Å². The molecule has 0 spiro atoms. The van der Waals surface area contributed by atoms with Crippen LogP contribution in [0.2, 0.25) is 0 Å². The molecule has 1 aliphatic rings. The molecule has 1 aromatic carbocycles. The van der Waals surface area contributed by atoms with Gasteiger partial charge in [-0.05, 0) is 43.1 Å². The van der Waals surface area contributed by atoms with Crippen LogP contribution in [0.3, 0.4) is 0 Å². The molecule has 1 amide bonds. The minimum atomic E-state index is -4.47. The lowest BCUT2D eigenvalue weighted by molar-refractivity contribution is -0.138. The summed E-state index contributed by atoms with van der Waals surface area (Å²) in [6.07, 6.45) is -3.56. The van der Waals surface area contributed by atoms with E-state index < -0.39 is 11.7 Å². The minimum absolute atomic E-state index is 0. The summed E-state index contributed by atoms with van der Waals surface area (Å²) < 4.78 is 38.5. The van der Waals surface area contributed by atoms with Crippen molar-refractivity contribution in [1.29, 1.82) is 0 Å². The van der Waals surface area contributed by atoms with E-state index >= 15 is 0 Å². The number of nitrogens with zero attached hydrogens (tertiary/aromatic N) is 1. The zero-order valence-corrected chi connectivity index (χ0v) is 15.5. The lowest BCUT2D eigenvalue weighted by Gasteiger charge is -2.22. The van der Waals surface area contributed by atoms with Crippen molar-refractivity contribution < 1.29 is 18.0 Å². The first-order valence-corrected chi connectivity index (χ1v) is 8.01. The largest absolute Gasteiger partial charge is 0.417 e. The molecule has 4 nitrogen and oxygen atoms in total. The van der Waals surface area contributed by atoms with E-state index in [4.69, 9.17) is 5.73 Å². The molecule has 1 aromatic rings. The van der Waals surface area contributed by atoms with Crippen LogP contribution in [0.1, 0.15) is 18.9 Å². The van der Waals surface area contributed by atoms with Gasteiger partial charge in [-0.15, -0.1) is 12.4 Å². The van der Waals surface area contributed by atoms with Crippen molar-refractivity contribution in [3.8, 4) is 0 Å². The highest BCUT2D eigenvalue weighted by atomic mass is 79.9. The van der Waals surface area contributed by atoms with Crippen molar-refractivity contribution in [2.75, 3.05) is 31.5 Å². The minimum Gasteiger partial charge on any atom is -0.330 e. The van der Waals surface area contributed by atoms with Crippen LogP contribution in [0.4, 0.5) is 18.9 Å². The Kier molecular flexibility index (Phi) is 7.10. The van der Waals surface area contributed by atoms with Crippen LogP contribution in [0.15, 0.2) is 22.7 Å². The summed E-state index contributed by atoms with van der Waals surface area (Å²) in [7, 11) is 0. The number of nitrogens with one attached hydrogen (secondary N) is 1. The highest BCUT2D eigenvalue weighted by molar-refractivity contribution is 9.10.